The normalized spacial score (nSPS) is 10.8. The largest absolute Gasteiger partial charge is 0.256 e. The molecule has 0 saturated heterocycles. The summed E-state index contributed by atoms with van der Waals surface area (Å²) in [6.07, 6.45) is 2.62. The van der Waals surface area contributed by atoms with Crippen LogP contribution in [0.25, 0.3) is 22.2 Å². The average Bonchev–Trinajstić information content (AvgIpc) is 2.46. The maximum atomic E-state index is 4.60. The first-order valence-electron chi connectivity index (χ1n) is 6.15. The molecule has 0 unspecified atom stereocenters. The lowest BCUT2D eigenvalue weighted by Crippen LogP contribution is -1.96. The number of hydrogen-bond acceptors (Lipinski definition) is 3. The first-order valence-corrected chi connectivity index (χ1v) is 6.95. The summed E-state index contributed by atoms with van der Waals surface area (Å²) in [6, 6.07) is 12.0. The second-order valence-electron chi connectivity index (χ2n) is 4.22. The quantitative estimate of drug-likeness (QED) is 0.671. The highest BCUT2D eigenvalue weighted by Gasteiger charge is 2.08. The van der Waals surface area contributed by atoms with Gasteiger partial charge < -0.3 is 0 Å². The number of pyridine rings is 1. The zero-order valence-electron chi connectivity index (χ0n) is 10.5. The highest BCUT2D eigenvalue weighted by Crippen LogP contribution is 2.27. The highest BCUT2D eigenvalue weighted by atomic mass is 79.9. The van der Waals surface area contributed by atoms with Crippen molar-refractivity contribution < 1.29 is 0 Å². The number of aromatic nitrogens is 3. The van der Waals surface area contributed by atoms with Crippen LogP contribution in [-0.4, -0.2) is 15.0 Å². The van der Waals surface area contributed by atoms with Gasteiger partial charge in [0.15, 0.2) is 0 Å². The molecule has 3 rings (SSSR count). The number of nitrogens with zero attached hydrogens (tertiary/aromatic N) is 3. The van der Waals surface area contributed by atoms with Crippen molar-refractivity contribution in [1.82, 2.24) is 15.0 Å². The lowest BCUT2D eigenvalue weighted by Gasteiger charge is -2.07. The number of fused-ring (bicyclic) bond motifs is 1. The molecular formula is C15H12BrN3. The van der Waals surface area contributed by atoms with Gasteiger partial charge in [-0.2, -0.15) is 0 Å². The van der Waals surface area contributed by atoms with Gasteiger partial charge >= 0.3 is 0 Å². The first-order chi connectivity index (χ1) is 9.28. The molecule has 0 bridgehead atoms. The van der Waals surface area contributed by atoms with Gasteiger partial charge in [0.25, 0.3) is 0 Å². The summed E-state index contributed by atoms with van der Waals surface area (Å²) in [7, 11) is 0. The van der Waals surface area contributed by atoms with E-state index in [1.54, 1.807) is 6.20 Å². The summed E-state index contributed by atoms with van der Waals surface area (Å²) in [6.45, 7) is 2.05. The second kappa shape index (κ2) is 5.05. The second-order valence-corrected chi connectivity index (χ2v) is 5.03. The highest BCUT2D eigenvalue weighted by molar-refractivity contribution is 9.10. The molecule has 0 aliphatic rings. The van der Waals surface area contributed by atoms with Gasteiger partial charge in [-0.25, -0.2) is 9.97 Å². The van der Waals surface area contributed by atoms with Gasteiger partial charge in [0.1, 0.15) is 10.4 Å². The fourth-order valence-electron chi connectivity index (χ4n) is 2.09. The van der Waals surface area contributed by atoms with E-state index in [1.807, 2.05) is 24.3 Å². The third-order valence-electron chi connectivity index (χ3n) is 2.98. The summed E-state index contributed by atoms with van der Waals surface area (Å²) in [5.41, 5.74) is 2.99. The third-order valence-corrected chi connectivity index (χ3v) is 3.39. The molecule has 0 amide bonds. The molecule has 1 aromatic carbocycles. The fraction of sp³-hybridized carbons (Fsp3) is 0.133. The molecule has 94 valence electrons. The Hall–Kier alpha value is -1.81. The van der Waals surface area contributed by atoms with Gasteiger partial charge in [0.2, 0.25) is 0 Å². The van der Waals surface area contributed by atoms with Crippen molar-refractivity contribution in [3.8, 4) is 11.3 Å². The van der Waals surface area contributed by atoms with E-state index < -0.39 is 0 Å². The molecular weight excluding hydrogens is 302 g/mol. The lowest BCUT2D eigenvalue weighted by atomic mass is 10.1. The molecule has 0 fully saturated rings. The van der Waals surface area contributed by atoms with E-state index in [2.05, 4.69) is 49.9 Å². The van der Waals surface area contributed by atoms with Gasteiger partial charge in [0.05, 0.1) is 11.2 Å². The maximum Gasteiger partial charge on any atom is 0.130 e. The Morgan fingerprint density at radius 1 is 1.11 bits per heavy atom. The monoisotopic (exact) mass is 313 g/mol. The number of aryl methyl sites for hydroxylation is 1. The van der Waals surface area contributed by atoms with Crippen molar-refractivity contribution in [1.29, 1.82) is 0 Å². The SMILES string of the molecule is CCc1nc(Br)cc(-c2cccc3ncccc23)n1. The molecule has 0 atom stereocenters. The van der Waals surface area contributed by atoms with E-state index in [0.29, 0.717) is 0 Å². The summed E-state index contributed by atoms with van der Waals surface area (Å²) in [4.78, 5) is 13.3. The van der Waals surface area contributed by atoms with Crippen LogP contribution in [0.2, 0.25) is 0 Å². The molecule has 0 aliphatic heterocycles. The van der Waals surface area contributed by atoms with Crippen LogP contribution >= 0.6 is 15.9 Å². The van der Waals surface area contributed by atoms with Crippen LogP contribution < -0.4 is 0 Å². The van der Waals surface area contributed by atoms with Crippen LogP contribution in [0, 0.1) is 0 Å². The van der Waals surface area contributed by atoms with Crippen molar-refractivity contribution in [2.24, 2.45) is 0 Å². The minimum Gasteiger partial charge on any atom is -0.256 e. The standard InChI is InChI=1S/C15H12BrN3/c1-2-15-18-13(9-14(16)19-15)11-5-3-7-12-10(11)6-4-8-17-12/h3-9H,2H2,1H3. The van der Waals surface area contributed by atoms with Crippen LogP contribution in [0.3, 0.4) is 0 Å². The van der Waals surface area contributed by atoms with Crippen molar-refractivity contribution in [3.05, 3.63) is 53.0 Å². The molecule has 4 heteroatoms. The fourth-order valence-corrected chi connectivity index (χ4v) is 2.51. The van der Waals surface area contributed by atoms with E-state index in [4.69, 9.17) is 0 Å². The van der Waals surface area contributed by atoms with Gasteiger partial charge in [0, 0.05) is 23.6 Å². The summed E-state index contributed by atoms with van der Waals surface area (Å²) in [5.74, 6) is 0.838. The summed E-state index contributed by atoms with van der Waals surface area (Å²) >= 11 is 3.45. The van der Waals surface area contributed by atoms with Crippen LogP contribution in [0.4, 0.5) is 0 Å². The van der Waals surface area contributed by atoms with Crippen LogP contribution in [-0.2, 0) is 6.42 Å². The minimum atomic E-state index is 0.815. The average molecular weight is 314 g/mol. The van der Waals surface area contributed by atoms with E-state index in [0.717, 1.165) is 39.0 Å². The lowest BCUT2D eigenvalue weighted by molar-refractivity contribution is 0.932. The zero-order chi connectivity index (χ0) is 13.2. The Labute approximate surface area is 119 Å². The molecule has 2 heterocycles. The molecule has 0 aliphatic carbocycles. The molecule has 0 radical (unpaired) electrons. The smallest absolute Gasteiger partial charge is 0.130 e. The molecule has 0 saturated carbocycles. The van der Waals surface area contributed by atoms with E-state index in [-0.39, 0.29) is 0 Å². The Balaban J connectivity index is 2.27. The Morgan fingerprint density at radius 3 is 2.84 bits per heavy atom. The van der Waals surface area contributed by atoms with Crippen molar-refractivity contribution in [3.63, 3.8) is 0 Å². The number of halogens is 1. The van der Waals surface area contributed by atoms with Gasteiger partial charge in [-0.3, -0.25) is 4.98 Å². The van der Waals surface area contributed by atoms with Crippen LogP contribution in [0.1, 0.15) is 12.7 Å². The number of rotatable bonds is 2. The topological polar surface area (TPSA) is 38.7 Å². The Morgan fingerprint density at radius 2 is 2.00 bits per heavy atom. The minimum absolute atomic E-state index is 0.815. The van der Waals surface area contributed by atoms with Crippen molar-refractivity contribution in [2.75, 3.05) is 0 Å². The Kier molecular flexibility index (Phi) is 3.25. The molecule has 19 heavy (non-hydrogen) atoms. The molecule has 0 spiro atoms. The Bertz CT molecular complexity index is 735. The number of hydrogen-bond donors (Lipinski definition) is 0. The number of benzene rings is 1. The van der Waals surface area contributed by atoms with Crippen molar-refractivity contribution >= 4 is 26.8 Å². The molecule has 3 nitrogen and oxygen atoms in total. The third kappa shape index (κ3) is 2.36. The van der Waals surface area contributed by atoms with E-state index in [9.17, 15) is 0 Å². The van der Waals surface area contributed by atoms with Gasteiger partial charge in [-0.15, -0.1) is 0 Å². The van der Waals surface area contributed by atoms with E-state index >= 15 is 0 Å². The zero-order valence-corrected chi connectivity index (χ0v) is 12.1. The van der Waals surface area contributed by atoms with Gasteiger partial charge in [-0.05, 0) is 34.1 Å². The van der Waals surface area contributed by atoms with Crippen LogP contribution in [0.15, 0.2) is 47.2 Å². The van der Waals surface area contributed by atoms with Crippen LogP contribution in [0.5, 0.6) is 0 Å². The molecule has 3 aromatic rings. The molecule has 0 N–H and O–H groups in total. The summed E-state index contributed by atoms with van der Waals surface area (Å²) in [5, 5.41) is 1.11. The first kappa shape index (κ1) is 12.2. The van der Waals surface area contributed by atoms with E-state index in [1.165, 1.54) is 0 Å². The predicted molar refractivity (Wildman–Crippen MR) is 79.8 cm³/mol. The summed E-state index contributed by atoms with van der Waals surface area (Å²) < 4.78 is 0.815. The van der Waals surface area contributed by atoms with Gasteiger partial charge in [-0.1, -0.05) is 25.1 Å². The molecule has 2 aromatic heterocycles. The van der Waals surface area contributed by atoms with Crippen molar-refractivity contribution in [2.45, 2.75) is 13.3 Å². The maximum absolute atomic E-state index is 4.60. The predicted octanol–water partition coefficient (Wildman–Crippen LogP) is 4.02.